The Morgan fingerprint density at radius 3 is 2.50 bits per heavy atom. The van der Waals surface area contributed by atoms with E-state index in [9.17, 15) is 0 Å². The highest BCUT2D eigenvalue weighted by molar-refractivity contribution is 6.20. The summed E-state index contributed by atoms with van der Waals surface area (Å²) in [5.74, 6) is 0.783. The fourth-order valence-corrected chi connectivity index (χ4v) is 1.99. The van der Waals surface area contributed by atoms with E-state index in [1.165, 1.54) is 0 Å². The summed E-state index contributed by atoms with van der Waals surface area (Å²) in [4.78, 5) is 0. The number of rotatable bonds is 4. The number of aromatic nitrogens is 2. The van der Waals surface area contributed by atoms with Crippen LogP contribution in [0.1, 0.15) is 32.9 Å². The van der Waals surface area contributed by atoms with E-state index in [2.05, 4.69) is 36.3 Å². The minimum Gasteiger partial charge on any atom is -0.367 e. The Morgan fingerprint density at radius 1 is 1.31 bits per heavy atom. The van der Waals surface area contributed by atoms with E-state index in [1.807, 2.05) is 19.1 Å². The van der Waals surface area contributed by atoms with Crippen LogP contribution in [0.15, 0.2) is 12.1 Å². The predicted octanol–water partition coefficient (Wildman–Crippen LogP) is 3.24. The van der Waals surface area contributed by atoms with E-state index in [0.29, 0.717) is 0 Å². The van der Waals surface area contributed by atoms with E-state index in [-0.39, 0.29) is 10.8 Å². The lowest BCUT2D eigenvalue weighted by Gasteiger charge is -2.22. The third-order valence-electron chi connectivity index (χ3n) is 2.14. The SMILES string of the molecule is Cc1ccc(NCC(Cl)CC(C)(C)C)nn1. The zero-order valence-corrected chi connectivity index (χ0v) is 11.2. The number of halogens is 1. The second-order valence-electron chi connectivity index (χ2n) is 5.30. The number of nitrogens with zero attached hydrogens (tertiary/aromatic N) is 2. The minimum atomic E-state index is 0.114. The van der Waals surface area contributed by atoms with Gasteiger partial charge in [-0.2, -0.15) is 5.10 Å². The van der Waals surface area contributed by atoms with Crippen molar-refractivity contribution >= 4 is 17.4 Å². The van der Waals surface area contributed by atoms with Gasteiger partial charge in [-0.1, -0.05) is 20.8 Å². The molecule has 16 heavy (non-hydrogen) atoms. The zero-order valence-electron chi connectivity index (χ0n) is 10.4. The molecule has 0 saturated heterocycles. The Hall–Kier alpha value is -0.830. The Morgan fingerprint density at radius 2 is 2.00 bits per heavy atom. The summed E-state index contributed by atoms with van der Waals surface area (Å²) in [5, 5.41) is 11.3. The molecule has 0 amide bonds. The number of anilines is 1. The normalized spacial score (nSPS) is 13.6. The molecule has 1 heterocycles. The predicted molar refractivity (Wildman–Crippen MR) is 69.0 cm³/mol. The molecule has 0 spiro atoms. The van der Waals surface area contributed by atoms with Gasteiger partial charge < -0.3 is 5.32 Å². The van der Waals surface area contributed by atoms with Crippen LogP contribution >= 0.6 is 11.6 Å². The van der Waals surface area contributed by atoms with Crippen LogP contribution in [0.3, 0.4) is 0 Å². The summed E-state index contributed by atoms with van der Waals surface area (Å²) in [5.41, 5.74) is 1.18. The van der Waals surface area contributed by atoms with E-state index in [0.717, 1.165) is 24.5 Å². The van der Waals surface area contributed by atoms with Crippen molar-refractivity contribution in [2.75, 3.05) is 11.9 Å². The minimum absolute atomic E-state index is 0.114. The molecule has 0 aliphatic rings. The van der Waals surface area contributed by atoms with Crippen LogP contribution in [-0.2, 0) is 0 Å². The van der Waals surface area contributed by atoms with Gasteiger partial charge >= 0.3 is 0 Å². The Labute approximate surface area is 103 Å². The van der Waals surface area contributed by atoms with E-state index in [1.54, 1.807) is 0 Å². The van der Waals surface area contributed by atoms with Crippen molar-refractivity contribution in [2.24, 2.45) is 5.41 Å². The van der Waals surface area contributed by atoms with Gasteiger partial charge in [-0.05, 0) is 30.9 Å². The third kappa shape index (κ3) is 5.31. The first kappa shape index (κ1) is 13.2. The molecule has 1 rings (SSSR count). The maximum atomic E-state index is 6.24. The zero-order chi connectivity index (χ0) is 12.2. The number of hydrogen-bond donors (Lipinski definition) is 1. The molecular formula is C12H20ClN3. The molecule has 90 valence electrons. The average molecular weight is 242 g/mol. The molecule has 1 aromatic rings. The van der Waals surface area contributed by atoms with Crippen LogP contribution in [0, 0.1) is 12.3 Å². The van der Waals surface area contributed by atoms with Gasteiger partial charge in [-0.25, -0.2) is 0 Å². The lowest BCUT2D eigenvalue weighted by atomic mass is 9.90. The topological polar surface area (TPSA) is 37.8 Å². The van der Waals surface area contributed by atoms with Crippen molar-refractivity contribution in [3.63, 3.8) is 0 Å². The second-order valence-corrected chi connectivity index (χ2v) is 5.92. The van der Waals surface area contributed by atoms with Crippen LogP contribution in [0.25, 0.3) is 0 Å². The van der Waals surface area contributed by atoms with E-state index >= 15 is 0 Å². The molecule has 0 aliphatic carbocycles. The number of hydrogen-bond acceptors (Lipinski definition) is 3. The first-order chi connectivity index (χ1) is 7.37. The first-order valence-corrected chi connectivity index (χ1v) is 5.99. The lowest BCUT2D eigenvalue weighted by molar-refractivity contribution is 0.373. The standard InChI is InChI=1S/C12H20ClN3/c1-9-5-6-11(16-15-9)14-8-10(13)7-12(2,3)4/h5-6,10H,7-8H2,1-4H3,(H,14,16). The summed E-state index contributed by atoms with van der Waals surface area (Å²) < 4.78 is 0. The molecule has 4 heteroatoms. The molecule has 0 bridgehead atoms. The fraction of sp³-hybridized carbons (Fsp3) is 0.667. The Kier molecular flexibility index (Phi) is 4.54. The van der Waals surface area contributed by atoms with Crippen molar-refractivity contribution in [3.8, 4) is 0 Å². The highest BCUT2D eigenvalue weighted by Gasteiger charge is 2.16. The molecule has 3 nitrogen and oxygen atoms in total. The molecule has 0 fully saturated rings. The van der Waals surface area contributed by atoms with Crippen molar-refractivity contribution in [1.82, 2.24) is 10.2 Å². The Bertz CT molecular complexity index is 316. The van der Waals surface area contributed by atoms with Gasteiger partial charge in [0.1, 0.15) is 5.82 Å². The second kappa shape index (κ2) is 5.48. The monoisotopic (exact) mass is 241 g/mol. The summed E-state index contributed by atoms with van der Waals surface area (Å²) in [7, 11) is 0. The van der Waals surface area contributed by atoms with Crippen molar-refractivity contribution in [1.29, 1.82) is 0 Å². The number of nitrogens with one attached hydrogen (secondary N) is 1. The van der Waals surface area contributed by atoms with Gasteiger partial charge in [0, 0.05) is 6.54 Å². The van der Waals surface area contributed by atoms with Gasteiger partial charge in [0.05, 0.1) is 11.1 Å². The lowest BCUT2D eigenvalue weighted by Crippen LogP contribution is -2.21. The third-order valence-corrected chi connectivity index (χ3v) is 2.45. The maximum absolute atomic E-state index is 6.24. The Balaban J connectivity index is 2.37. The van der Waals surface area contributed by atoms with Gasteiger partial charge in [-0.15, -0.1) is 16.7 Å². The van der Waals surface area contributed by atoms with Crippen LogP contribution in [0.5, 0.6) is 0 Å². The summed E-state index contributed by atoms with van der Waals surface area (Å²) >= 11 is 6.24. The van der Waals surface area contributed by atoms with Crippen molar-refractivity contribution in [3.05, 3.63) is 17.8 Å². The average Bonchev–Trinajstić information content (AvgIpc) is 2.14. The van der Waals surface area contributed by atoms with Crippen molar-refractivity contribution in [2.45, 2.75) is 39.5 Å². The quantitative estimate of drug-likeness (QED) is 0.823. The molecule has 1 aromatic heterocycles. The molecule has 1 atom stereocenters. The van der Waals surface area contributed by atoms with E-state index < -0.39 is 0 Å². The number of alkyl halides is 1. The highest BCUT2D eigenvalue weighted by atomic mass is 35.5. The molecule has 0 saturated carbocycles. The first-order valence-electron chi connectivity index (χ1n) is 5.55. The van der Waals surface area contributed by atoms with Gasteiger partial charge in [0.2, 0.25) is 0 Å². The fourth-order valence-electron chi connectivity index (χ4n) is 1.45. The molecule has 1 N–H and O–H groups in total. The maximum Gasteiger partial charge on any atom is 0.148 e. The molecule has 0 aromatic carbocycles. The molecule has 0 aliphatic heterocycles. The van der Waals surface area contributed by atoms with Crippen LogP contribution in [-0.4, -0.2) is 22.1 Å². The summed E-state index contributed by atoms with van der Waals surface area (Å²) in [6, 6.07) is 3.85. The van der Waals surface area contributed by atoms with Crippen LogP contribution in [0.4, 0.5) is 5.82 Å². The van der Waals surface area contributed by atoms with Gasteiger partial charge in [-0.3, -0.25) is 0 Å². The van der Waals surface area contributed by atoms with Crippen molar-refractivity contribution < 1.29 is 0 Å². The highest BCUT2D eigenvalue weighted by Crippen LogP contribution is 2.23. The molecular weight excluding hydrogens is 222 g/mol. The number of aryl methyl sites for hydroxylation is 1. The summed E-state index contributed by atoms with van der Waals surface area (Å²) in [6.07, 6.45) is 0.973. The largest absolute Gasteiger partial charge is 0.367 e. The van der Waals surface area contributed by atoms with Gasteiger partial charge in [0.15, 0.2) is 0 Å². The molecule has 1 unspecified atom stereocenters. The van der Waals surface area contributed by atoms with Gasteiger partial charge in [0.25, 0.3) is 0 Å². The summed E-state index contributed by atoms with van der Waals surface area (Å²) in [6.45, 7) is 9.20. The van der Waals surface area contributed by atoms with Crippen LogP contribution in [0.2, 0.25) is 0 Å². The van der Waals surface area contributed by atoms with Crippen LogP contribution < -0.4 is 5.32 Å². The van der Waals surface area contributed by atoms with E-state index in [4.69, 9.17) is 11.6 Å². The molecule has 0 radical (unpaired) electrons. The smallest absolute Gasteiger partial charge is 0.148 e.